The SMILES string of the molecule is COc1ccccc1-n1nc(-c2sc3ccccc3c2Cl)cc1N. The van der Waals surface area contributed by atoms with Crippen LogP contribution in [0.5, 0.6) is 5.75 Å². The first kappa shape index (κ1) is 15.1. The van der Waals surface area contributed by atoms with Crippen LogP contribution < -0.4 is 10.5 Å². The molecule has 0 aliphatic carbocycles. The number of para-hydroxylation sites is 2. The van der Waals surface area contributed by atoms with E-state index in [-0.39, 0.29) is 0 Å². The van der Waals surface area contributed by atoms with E-state index in [4.69, 9.17) is 22.1 Å². The molecule has 0 amide bonds. The molecule has 4 nitrogen and oxygen atoms in total. The molecule has 6 heteroatoms. The van der Waals surface area contributed by atoms with E-state index in [1.54, 1.807) is 23.1 Å². The van der Waals surface area contributed by atoms with Crippen LogP contribution in [0.2, 0.25) is 5.02 Å². The molecular weight excluding hydrogens is 342 g/mol. The average Bonchev–Trinajstić information content (AvgIpc) is 3.15. The molecule has 2 aromatic heterocycles. The van der Waals surface area contributed by atoms with Gasteiger partial charge in [0.15, 0.2) is 0 Å². The molecule has 0 saturated heterocycles. The van der Waals surface area contributed by atoms with Gasteiger partial charge in [-0.1, -0.05) is 41.9 Å². The predicted octanol–water partition coefficient (Wildman–Crippen LogP) is 5.00. The summed E-state index contributed by atoms with van der Waals surface area (Å²) in [6, 6.07) is 17.5. The summed E-state index contributed by atoms with van der Waals surface area (Å²) in [5.41, 5.74) is 7.73. The van der Waals surface area contributed by atoms with Crippen LogP contribution in [0.3, 0.4) is 0 Å². The van der Waals surface area contributed by atoms with Gasteiger partial charge in [0.2, 0.25) is 0 Å². The number of hydrogen-bond acceptors (Lipinski definition) is 4. The number of nitrogens with two attached hydrogens (primary N) is 1. The van der Waals surface area contributed by atoms with Crippen molar-refractivity contribution in [2.24, 2.45) is 0 Å². The molecule has 2 aromatic carbocycles. The summed E-state index contributed by atoms with van der Waals surface area (Å²) in [5.74, 6) is 1.24. The van der Waals surface area contributed by atoms with Crippen LogP contribution in [0.25, 0.3) is 26.3 Å². The Morgan fingerprint density at radius 3 is 2.67 bits per heavy atom. The fourth-order valence-corrected chi connectivity index (χ4v) is 4.17. The third-order valence-corrected chi connectivity index (χ3v) is 5.52. The van der Waals surface area contributed by atoms with Gasteiger partial charge in [0.25, 0.3) is 0 Å². The molecule has 4 aromatic rings. The molecule has 0 radical (unpaired) electrons. The molecular formula is C18H14ClN3OS. The van der Waals surface area contributed by atoms with E-state index in [1.165, 1.54) is 0 Å². The molecule has 0 aliphatic rings. The zero-order valence-corrected chi connectivity index (χ0v) is 14.4. The van der Waals surface area contributed by atoms with Gasteiger partial charge in [-0.3, -0.25) is 0 Å². The molecule has 4 rings (SSSR count). The van der Waals surface area contributed by atoms with Gasteiger partial charge in [0.1, 0.15) is 22.9 Å². The van der Waals surface area contributed by atoms with Gasteiger partial charge in [0.05, 0.1) is 17.0 Å². The van der Waals surface area contributed by atoms with E-state index in [1.807, 2.05) is 48.5 Å². The minimum Gasteiger partial charge on any atom is -0.494 e. The molecule has 0 bridgehead atoms. The zero-order valence-electron chi connectivity index (χ0n) is 12.9. The molecule has 0 unspecified atom stereocenters. The number of nitrogen functional groups attached to an aromatic ring is 1. The molecule has 2 N–H and O–H groups in total. The van der Waals surface area contributed by atoms with Crippen molar-refractivity contribution in [2.75, 3.05) is 12.8 Å². The maximum atomic E-state index is 6.55. The number of nitrogens with zero attached hydrogens (tertiary/aromatic N) is 2. The number of anilines is 1. The quantitative estimate of drug-likeness (QED) is 0.562. The third kappa shape index (κ3) is 2.33. The molecule has 0 saturated carbocycles. The highest BCUT2D eigenvalue weighted by Crippen LogP contribution is 2.42. The fourth-order valence-electron chi connectivity index (χ4n) is 2.68. The topological polar surface area (TPSA) is 53.1 Å². The minimum atomic E-state index is 0.531. The highest BCUT2D eigenvalue weighted by Gasteiger charge is 2.17. The summed E-state index contributed by atoms with van der Waals surface area (Å²) >= 11 is 8.16. The van der Waals surface area contributed by atoms with Crippen molar-refractivity contribution in [1.29, 1.82) is 0 Å². The smallest absolute Gasteiger partial charge is 0.144 e. The summed E-state index contributed by atoms with van der Waals surface area (Å²) in [7, 11) is 1.63. The second-order valence-electron chi connectivity index (χ2n) is 5.28. The summed E-state index contributed by atoms with van der Waals surface area (Å²) < 4.78 is 8.20. The first-order valence-corrected chi connectivity index (χ1v) is 8.55. The number of rotatable bonds is 3. The van der Waals surface area contributed by atoms with Crippen molar-refractivity contribution in [3.8, 4) is 22.0 Å². The van der Waals surface area contributed by atoms with Gasteiger partial charge >= 0.3 is 0 Å². The Morgan fingerprint density at radius 1 is 1.12 bits per heavy atom. The van der Waals surface area contributed by atoms with Gasteiger partial charge in [-0.2, -0.15) is 5.10 Å². The highest BCUT2D eigenvalue weighted by molar-refractivity contribution is 7.23. The van der Waals surface area contributed by atoms with Gasteiger partial charge in [-0.05, 0) is 18.2 Å². The van der Waals surface area contributed by atoms with Gasteiger partial charge in [-0.25, -0.2) is 4.68 Å². The summed E-state index contributed by atoms with van der Waals surface area (Å²) in [6.45, 7) is 0. The van der Waals surface area contributed by atoms with Crippen molar-refractivity contribution in [2.45, 2.75) is 0 Å². The lowest BCUT2D eigenvalue weighted by atomic mass is 10.2. The molecule has 2 heterocycles. The standard InChI is InChI=1S/C18H14ClN3OS/c1-23-14-8-4-3-7-13(14)22-16(20)10-12(21-22)18-17(19)11-6-2-5-9-15(11)24-18/h2-10H,20H2,1H3. The molecule has 0 fully saturated rings. The normalized spacial score (nSPS) is 11.1. The van der Waals surface area contributed by atoms with Gasteiger partial charge < -0.3 is 10.5 Å². The van der Waals surface area contributed by atoms with Crippen molar-refractivity contribution < 1.29 is 4.74 Å². The second kappa shape index (κ2) is 5.85. The van der Waals surface area contributed by atoms with Crippen LogP contribution in [0.1, 0.15) is 0 Å². The largest absolute Gasteiger partial charge is 0.494 e. The van der Waals surface area contributed by atoms with E-state index >= 15 is 0 Å². The molecule has 24 heavy (non-hydrogen) atoms. The van der Waals surface area contributed by atoms with Crippen molar-refractivity contribution in [1.82, 2.24) is 9.78 Å². The third-order valence-electron chi connectivity index (χ3n) is 3.82. The first-order valence-electron chi connectivity index (χ1n) is 7.35. The molecule has 0 spiro atoms. The summed E-state index contributed by atoms with van der Waals surface area (Å²) in [5, 5.41) is 6.39. The van der Waals surface area contributed by atoms with Crippen molar-refractivity contribution >= 4 is 38.8 Å². The Kier molecular flexibility index (Phi) is 3.67. The molecule has 0 atom stereocenters. The number of thiophene rings is 1. The average molecular weight is 356 g/mol. The number of benzene rings is 2. The number of fused-ring (bicyclic) bond motifs is 1. The van der Waals surface area contributed by atoms with E-state index in [2.05, 4.69) is 11.2 Å². The number of methoxy groups -OCH3 is 1. The lowest BCUT2D eigenvalue weighted by Crippen LogP contribution is -2.03. The zero-order chi connectivity index (χ0) is 16.7. The first-order chi connectivity index (χ1) is 11.7. The van der Waals surface area contributed by atoms with Gasteiger partial charge in [-0.15, -0.1) is 11.3 Å². The highest BCUT2D eigenvalue weighted by atomic mass is 35.5. The van der Waals surface area contributed by atoms with Crippen LogP contribution in [0.4, 0.5) is 5.82 Å². The molecule has 120 valence electrons. The number of hydrogen-bond donors (Lipinski definition) is 1. The van der Waals surface area contributed by atoms with Crippen LogP contribution in [-0.2, 0) is 0 Å². The maximum absolute atomic E-state index is 6.55. The fraction of sp³-hybridized carbons (Fsp3) is 0.0556. The van der Waals surface area contributed by atoms with Crippen LogP contribution in [-0.4, -0.2) is 16.9 Å². The van der Waals surface area contributed by atoms with E-state index in [0.717, 1.165) is 26.3 Å². The number of halogens is 1. The Balaban J connectivity index is 1.88. The maximum Gasteiger partial charge on any atom is 0.144 e. The van der Waals surface area contributed by atoms with Crippen molar-refractivity contribution in [3.63, 3.8) is 0 Å². The van der Waals surface area contributed by atoms with E-state index in [0.29, 0.717) is 16.6 Å². The monoisotopic (exact) mass is 355 g/mol. The predicted molar refractivity (Wildman–Crippen MR) is 100 cm³/mol. The summed E-state index contributed by atoms with van der Waals surface area (Å²) in [4.78, 5) is 0.915. The Bertz CT molecular complexity index is 1040. The Hall–Kier alpha value is -2.50. The van der Waals surface area contributed by atoms with Crippen LogP contribution in [0, 0.1) is 0 Å². The molecule has 0 aliphatic heterocycles. The van der Waals surface area contributed by atoms with Crippen molar-refractivity contribution in [3.05, 3.63) is 59.6 Å². The minimum absolute atomic E-state index is 0.531. The Labute approximate surface area is 148 Å². The van der Waals surface area contributed by atoms with Gasteiger partial charge in [0, 0.05) is 16.2 Å². The Morgan fingerprint density at radius 2 is 1.88 bits per heavy atom. The summed E-state index contributed by atoms with van der Waals surface area (Å²) in [6.07, 6.45) is 0. The van der Waals surface area contributed by atoms with Crippen LogP contribution in [0.15, 0.2) is 54.6 Å². The number of aromatic nitrogens is 2. The van der Waals surface area contributed by atoms with Crippen LogP contribution >= 0.6 is 22.9 Å². The lowest BCUT2D eigenvalue weighted by Gasteiger charge is -2.09. The van der Waals surface area contributed by atoms with E-state index in [9.17, 15) is 0 Å². The van der Waals surface area contributed by atoms with E-state index < -0.39 is 0 Å². The second-order valence-corrected chi connectivity index (χ2v) is 6.71. The number of ether oxygens (including phenoxy) is 1. The lowest BCUT2D eigenvalue weighted by molar-refractivity contribution is 0.412.